The van der Waals surface area contributed by atoms with Crippen molar-refractivity contribution in [2.75, 3.05) is 0 Å². The molecule has 0 saturated heterocycles. The molecule has 0 aromatic heterocycles. The summed E-state index contributed by atoms with van der Waals surface area (Å²) < 4.78 is 4.42. The largest absolute Gasteiger partial charge is 0.452 e. The summed E-state index contributed by atoms with van der Waals surface area (Å²) in [6, 6.07) is 0. The lowest BCUT2D eigenvalue weighted by molar-refractivity contribution is -0.145. The maximum absolute atomic E-state index is 10.3. The van der Waals surface area contributed by atoms with Crippen LogP contribution in [0, 0.1) is 0 Å². The molecule has 1 atom stereocenters. The molecule has 0 aliphatic rings. The fourth-order valence-electron chi connectivity index (χ4n) is 0.259. The second kappa shape index (κ2) is 3.83. The minimum absolute atomic E-state index is 0.543. The zero-order valence-corrected chi connectivity index (χ0v) is 5.16. The first-order chi connectivity index (χ1) is 4.20. The van der Waals surface area contributed by atoms with Crippen molar-refractivity contribution in [1.29, 1.82) is 0 Å². The van der Waals surface area contributed by atoms with Crippen LogP contribution in [0.25, 0.3) is 0 Å². The molecule has 0 N–H and O–H groups in total. The number of rotatable bonds is 3. The highest BCUT2D eigenvalue weighted by Crippen LogP contribution is 1.86. The fraction of sp³-hybridized carbons (Fsp3) is 0.333. The molecule has 0 bridgehead atoms. The Balaban J connectivity index is 3.58. The molecule has 3 heteroatoms. The van der Waals surface area contributed by atoms with E-state index in [2.05, 4.69) is 11.3 Å². The third-order valence-electron chi connectivity index (χ3n) is 0.660. The van der Waals surface area contributed by atoms with Gasteiger partial charge in [-0.25, -0.2) is 4.79 Å². The van der Waals surface area contributed by atoms with Crippen LogP contribution in [0.5, 0.6) is 0 Å². The molecule has 0 aromatic rings. The molecule has 0 aromatic carbocycles. The molecular weight excluding hydrogens is 120 g/mol. The molecule has 0 aliphatic heterocycles. The van der Waals surface area contributed by atoms with Crippen LogP contribution >= 0.6 is 0 Å². The number of esters is 1. The second-order valence-corrected chi connectivity index (χ2v) is 1.48. The molecule has 1 unspecified atom stereocenters. The van der Waals surface area contributed by atoms with Crippen molar-refractivity contribution in [3.8, 4) is 0 Å². The summed E-state index contributed by atoms with van der Waals surface area (Å²) in [7, 11) is 0. The summed E-state index contributed by atoms with van der Waals surface area (Å²) in [6.07, 6.45) is 0.886. The Morgan fingerprint density at radius 1 is 1.78 bits per heavy atom. The number of carbonyl (C=O) groups is 2. The number of ether oxygens (including phenoxy) is 1. The summed E-state index contributed by atoms with van der Waals surface area (Å²) in [4.78, 5) is 20.1. The first-order valence-electron chi connectivity index (χ1n) is 2.49. The van der Waals surface area contributed by atoms with Crippen LogP contribution in [0.2, 0.25) is 0 Å². The summed E-state index contributed by atoms with van der Waals surface area (Å²) in [5, 5.41) is 0. The van der Waals surface area contributed by atoms with Gasteiger partial charge in [-0.1, -0.05) is 6.58 Å². The smallest absolute Gasteiger partial charge is 0.330 e. The van der Waals surface area contributed by atoms with Gasteiger partial charge >= 0.3 is 5.97 Å². The average Bonchev–Trinajstić information content (AvgIpc) is 1.87. The van der Waals surface area contributed by atoms with Gasteiger partial charge in [0, 0.05) is 6.08 Å². The zero-order chi connectivity index (χ0) is 7.28. The van der Waals surface area contributed by atoms with Crippen molar-refractivity contribution >= 4 is 12.3 Å². The Bertz CT molecular complexity index is 128. The molecule has 0 fully saturated rings. The quantitative estimate of drug-likeness (QED) is 0.312. The van der Waals surface area contributed by atoms with E-state index < -0.39 is 12.1 Å². The van der Waals surface area contributed by atoms with Crippen molar-refractivity contribution in [3.05, 3.63) is 12.7 Å². The van der Waals surface area contributed by atoms with Crippen molar-refractivity contribution in [3.63, 3.8) is 0 Å². The summed E-state index contributed by atoms with van der Waals surface area (Å²) in [5.41, 5.74) is 0. The van der Waals surface area contributed by atoms with Crippen molar-refractivity contribution in [2.45, 2.75) is 13.0 Å². The molecule has 50 valence electrons. The zero-order valence-electron chi connectivity index (χ0n) is 5.16. The lowest BCUT2D eigenvalue weighted by atomic mass is 10.4. The Morgan fingerprint density at radius 3 is 2.67 bits per heavy atom. The lowest BCUT2D eigenvalue weighted by Gasteiger charge is -2.01. The van der Waals surface area contributed by atoms with Crippen LogP contribution < -0.4 is 0 Å². The Labute approximate surface area is 53.3 Å². The van der Waals surface area contributed by atoms with Gasteiger partial charge in [0.1, 0.15) is 0 Å². The highest BCUT2D eigenvalue weighted by molar-refractivity contribution is 5.82. The lowest BCUT2D eigenvalue weighted by Crippen LogP contribution is -2.13. The van der Waals surface area contributed by atoms with Gasteiger partial charge in [0.25, 0.3) is 0 Å². The number of hydrogen-bond donors (Lipinski definition) is 0. The molecule has 0 radical (unpaired) electrons. The summed E-state index contributed by atoms with van der Waals surface area (Å²) in [6.45, 7) is 4.64. The van der Waals surface area contributed by atoms with Crippen LogP contribution in [-0.2, 0) is 14.3 Å². The maximum Gasteiger partial charge on any atom is 0.330 e. The van der Waals surface area contributed by atoms with E-state index in [4.69, 9.17) is 0 Å². The second-order valence-electron chi connectivity index (χ2n) is 1.48. The van der Waals surface area contributed by atoms with E-state index in [0.29, 0.717) is 6.29 Å². The molecule has 0 rings (SSSR count). The maximum atomic E-state index is 10.3. The monoisotopic (exact) mass is 128 g/mol. The van der Waals surface area contributed by atoms with E-state index in [0.717, 1.165) is 6.08 Å². The van der Waals surface area contributed by atoms with Gasteiger partial charge in [0.2, 0.25) is 0 Å². The van der Waals surface area contributed by atoms with Gasteiger partial charge in [-0.2, -0.15) is 0 Å². The Hall–Kier alpha value is -1.12. The van der Waals surface area contributed by atoms with E-state index in [-0.39, 0.29) is 0 Å². The van der Waals surface area contributed by atoms with Gasteiger partial charge in [-0.3, -0.25) is 4.79 Å². The van der Waals surface area contributed by atoms with E-state index in [9.17, 15) is 9.59 Å². The first-order valence-corrected chi connectivity index (χ1v) is 2.49. The van der Waals surface area contributed by atoms with Crippen LogP contribution in [0.3, 0.4) is 0 Å². The minimum Gasteiger partial charge on any atom is -0.452 e. The summed E-state index contributed by atoms with van der Waals surface area (Å²) in [5.74, 6) is -0.574. The first kappa shape index (κ1) is 7.88. The number of aldehydes is 1. The molecule has 0 heterocycles. The number of hydrogen-bond acceptors (Lipinski definition) is 3. The van der Waals surface area contributed by atoms with Crippen LogP contribution in [0.15, 0.2) is 12.7 Å². The van der Waals surface area contributed by atoms with E-state index in [1.165, 1.54) is 6.92 Å². The van der Waals surface area contributed by atoms with Gasteiger partial charge in [-0.05, 0) is 6.92 Å². The number of carbonyl (C=O) groups excluding carboxylic acids is 2. The van der Waals surface area contributed by atoms with Crippen molar-refractivity contribution < 1.29 is 14.3 Å². The average molecular weight is 128 g/mol. The molecule has 0 saturated carbocycles. The fourth-order valence-corrected chi connectivity index (χ4v) is 0.259. The highest BCUT2D eigenvalue weighted by atomic mass is 16.5. The van der Waals surface area contributed by atoms with Crippen LogP contribution in [0.4, 0.5) is 0 Å². The van der Waals surface area contributed by atoms with Gasteiger partial charge < -0.3 is 4.74 Å². The minimum atomic E-state index is -0.671. The molecule has 0 amide bonds. The van der Waals surface area contributed by atoms with E-state index >= 15 is 0 Å². The van der Waals surface area contributed by atoms with Gasteiger partial charge in [-0.15, -0.1) is 0 Å². The third kappa shape index (κ3) is 3.46. The normalized spacial score (nSPS) is 11.7. The molecule has 9 heavy (non-hydrogen) atoms. The third-order valence-corrected chi connectivity index (χ3v) is 0.660. The summed E-state index contributed by atoms with van der Waals surface area (Å²) >= 11 is 0. The molecular formula is C6H8O3. The predicted octanol–water partition coefficient (Wildman–Crippen LogP) is 0.303. The van der Waals surface area contributed by atoms with Crippen LogP contribution in [0.1, 0.15) is 6.92 Å². The van der Waals surface area contributed by atoms with Gasteiger partial charge in [0.15, 0.2) is 12.4 Å². The molecule has 3 nitrogen and oxygen atoms in total. The SMILES string of the molecule is C=CC(=O)OC(C)C=O. The van der Waals surface area contributed by atoms with Crippen molar-refractivity contribution in [1.82, 2.24) is 0 Å². The molecule has 0 aliphatic carbocycles. The standard InChI is InChI=1S/C6H8O3/c1-3-6(8)9-5(2)4-7/h3-5H,1H2,2H3. The van der Waals surface area contributed by atoms with Crippen LogP contribution in [-0.4, -0.2) is 18.4 Å². The van der Waals surface area contributed by atoms with E-state index in [1.807, 2.05) is 0 Å². The predicted molar refractivity (Wildman–Crippen MR) is 31.8 cm³/mol. The highest BCUT2D eigenvalue weighted by Gasteiger charge is 2.01. The van der Waals surface area contributed by atoms with Gasteiger partial charge in [0.05, 0.1) is 0 Å². The Kier molecular flexibility index (Phi) is 3.35. The topological polar surface area (TPSA) is 43.4 Å². The Morgan fingerprint density at radius 2 is 2.33 bits per heavy atom. The van der Waals surface area contributed by atoms with Crippen molar-refractivity contribution in [2.24, 2.45) is 0 Å². The molecule has 0 spiro atoms. The van der Waals surface area contributed by atoms with E-state index in [1.54, 1.807) is 0 Å².